The van der Waals surface area contributed by atoms with Gasteiger partial charge in [0.1, 0.15) is 18.2 Å². The van der Waals surface area contributed by atoms with Crippen LogP contribution in [0, 0.1) is 11.6 Å². The van der Waals surface area contributed by atoms with Crippen LogP contribution in [-0.2, 0) is 32.6 Å². The van der Waals surface area contributed by atoms with Crippen LogP contribution in [0.15, 0.2) is 77.7 Å². The Morgan fingerprint density at radius 1 is 0.938 bits per heavy atom. The van der Waals surface area contributed by atoms with Gasteiger partial charge in [-0.3, -0.25) is 4.79 Å². The summed E-state index contributed by atoms with van der Waals surface area (Å²) in [5.41, 5.74) is 2.33. The molecule has 0 saturated heterocycles. The molecule has 0 aliphatic carbocycles. The van der Waals surface area contributed by atoms with Gasteiger partial charge in [0, 0.05) is 6.54 Å². The van der Waals surface area contributed by atoms with E-state index >= 15 is 0 Å². The number of halogens is 2. The Hall–Kier alpha value is -3.10. The molecule has 0 bridgehead atoms. The maximum atomic E-state index is 13.3. The Balaban J connectivity index is 1.58. The van der Waals surface area contributed by atoms with Gasteiger partial charge in [-0.05, 0) is 59.5 Å². The topological polar surface area (TPSA) is 63.7 Å². The fourth-order valence-corrected chi connectivity index (χ4v) is 5.44. The average Bonchev–Trinajstić information content (AvgIpc) is 2.79. The number of fused-ring (bicyclic) bond motifs is 1. The summed E-state index contributed by atoms with van der Waals surface area (Å²) in [4.78, 5) is 12.6. The van der Waals surface area contributed by atoms with E-state index in [9.17, 15) is 22.0 Å². The third-order valence-electron chi connectivity index (χ3n) is 5.46. The summed E-state index contributed by atoms with van der Waals surface area (Å²) in [6, 6.07) is 16.8. The predicted molar refractivity (Wildman–Crippen MR) is 114 cm³/mol. The molecule has 0 fully saturated rings. The Morgan fingerprint density at radius 3 is 2.25 bits per heavy atom. The van der Waals surface area contributed by atoms with Crippen LogP contribution in [0.5, 0.6) is 0 Å². The van der Waals surface area contributed by atoms with E-state index in [1.54, 1.807) is 12.1 Å². The molecular weight excluding hydrogens is 436 g/mol. The van der Waals surface area contributed by atoms with Gasteiger partial charge in [-0.25, -0.2) is 17.2 Å². The van der Waals surface area contributed by atoms with Gasteiger partial charge in [0.2, 0.25) is 10.0 Å². The molecule has 8 heteroatoms. The number of ether oxygens (including phenoxy) is 1. The molecule has 5 nitrogen and oxygen atoms in total. The molecular formula is C24H21F2NO4S. The summed E-state index contributed by atoms with van der Waals surface area (Å²) in [6.45, 7) is 0.144. The van der Waals surface area contributed by atoms with E-state index in [1.807, 2.05) is 12.1 Å². The Bertz CT molecular complexity index is 1210. The molecule has 0 saturated carbocycles. The third kappa shape index (κ3) is 4.71. The minimum absolute atomic E-state index is 0.0389. The van der Waals surface area contributed by atoms with Gasteiger partial charge in [-0.15, -0.1) is 0 Å². The number of nitrogens with zero attached hydrogens (tertiary/aromatic N) is 1. The second kappa shape index (κ2) is 9.18. The molecule has 0 amide bonds. The van der Waals surface area contributed by atoms with E-state index in [0.29, 0.717) is 12.0 Å². The lowest BCUT2D eigenvalue weighted by Crippen LogP contribution is -2.41. The Morgan fingerprint density at radius 2 is 1.56 bits per heavy atom. The van der Waals surface area contributed by atoms with Crippen LogP contribution < -0.4 is 0 Å². The number of esters is 1. The zero-order chi connectivity index (χ0) is 22.7. The largest absolute Gasteiger partial charge is 0.461 e. The first-order chi connectivity index (χ1) is 15.3. The molecule has 1 aliphatic rings. The van der Waals surface area contributed by atoms with Crippen LogP contribution in [0.4, 0.5) is 8.78 Å². The van der Waals surface area contributed by atoms with Crippen LogP contribution in [0.2, 0.25) is 0 Å². The van der Waals surface area contributed by atoms with Crippen LogP contribution >= 0.6 is 0 Å². The summed E-state index contributed by atoms with van der Waals surface area (Å²) in [5.74, 6) is -1.50. The minimum atomic E-state index is -3.97. The lowest BCUT2D eigenvalue weighted by molar-refractivity contribution is -0.146. The van der Waals surface area contributed by atoms with E-state index in [1.165, 1.54) is 40.7 Å². The van der Waals surface area contributed by atoms with E-state index in [2.05, 4.69) is 0 Å². The van der Waals surface area contributed by atoms with Gasteiger partial charge in [0.15, 0.2) is 0 Å². The highest BCUT2D eigenvalue weighted by Gasteiger charge is 2.37. The third-order valence-corrected chi connectivity index (χ3v) is 7.38. The summed E-state index contributed by atoms with van der Waals surface area (Å²) >= 11 is 0. The second-order valence-corrected chi connectivity index (χ2v) is 9.42. The lowest BCUT2D eigenvalue weighted by Gasteiger charge is -2.36. The molecule has 4 rings (SSSR count). The second-order valence-electron chi connectivity index (χ2n) is 7.53. The average molecular weight is 457 g/mol. The van der Waals surface area contributed by atoms with Crippen LogP contribution in [0.25, 0.3) is 0 Å². The standard InChI is InChI=1S/C24H21F2NO4S/c25-19-7-5-17(6-8-19)16-31-24(28)15-23-22-4-2-1-3-18(22)13-14-27(23)32(29,30)21-11-9-20(26)10-12-21/h1-12,23H,13-16H2. The van der Waals surface area contributed by atoms with E-state index in [-0.39, 0.29) is 30.3 Å². The van der Waals surface area contributed by atoms with Crippen molar-refractivity contribution in [3.63, 3.8) is 0 Å². The number of rotatable bonds is 6. The predicted octanol–water partition coefficient (Wildman–Crippen LogP) is 4.39. The van der Waals surface area contributed by atoms with Crippen molar-refractivity contribution in [1.82, 2.24) is 4.31 Å². The maximum absolute atomic E-state index is 13.3. The normalized spacial score (nSPS) is 16.4. The molecule has 0 radical (unpaired) electrons. The van der Waals surface area contributed by atoms with Gasteiger partial charge >= 0.3 is 5.97 Å². The van der Waals surface area contributed by atoms with Gasteiger partial charge in [-0.2, -0.15) is 4.31 Å². The molecule has 1 unspecified atom stereocenters. The van der Waals surface area contributed by atoms with Crippen molar-refractivity contribution in [3.8, 4) is 0 Å². The molecule has 1 atom stereocenters. The number of hydrogen-bond acceptors (Lipinski definition) is 4. The van der Waals surface area contributed by atoms with Gasteiger partial charge in [0.25, 0.3) is 0 Å². The summed E-state index contributed by atoms with van der Waals surface area (Å²) in [6.07, 6.45) is 0.316. The molecule has 1 aliphatic heterocycles. The van der Waals surface area contributed by atoms with Gasteiger partial charge in [-0.1, -0.05) is 36.4 Å². The number of carbonyl (C=O) groups is 1. The van der Waals surface area contributed by atoms with E-state index in [0.717, 1.165) is 23.3 Å². The molecule has 3 aromatic carbocycles. The first kappa shape index (κ1) is 22.1. The summed E-state index contributed by atoms with van der Waals surface area (Å²) in [7, 11) is -3.97. The molecule has 32 heavy (non-hydrogen) atoms. The Kier molecular flexibility index (Phi) is 6.34. The molecule has 0 N–H and O–H groups in total. The Labute approximate surface area is 185 Å². The fraction of sp³-hybridized carbons (Fsp3) is 0.208. The summed E-state index contributed by atoms with van der Waals surface area (Å²) < 4.78 is 59.7. The number of sulfonamides is 1. The number of hydrogen-bond donors (Lipinski definition) is 0. The molecule has 0 spiro atoms. The monoisotopic (exact) mass is 457 g/mol. The zero-order valence-electron chi connectivity index (χ0n) is 17.1. The summed E-state index contributed by atoms with van der Waals surface area (Å²) in [5, 5.41) is 0. The lowest BCUT2D eigenvalue weighted by atomic mass is 9.92. The van der Waals surface area contributed by atoms with Crippen molar-refractivity contribution in [3.05, 3.63) is 101 Å². The highest BCUT2D eigenvalue weighted by Crippen LogP contribution is 2.36. The molecule has 0 aromatic heterocycles. The SMILES string of the molecule is O=C(CC1c2ccccc2CCN1S(=O)(=O)c1ccc(F)cc1)OCc1ccc(F)cc1. The molecule has 1 heterocycles. The van der Waals surface area contributed by atoms with Crippen molar-refractivity contribution in [1.29, 1.82) is 0 Å². The molecule has 166 valence electrons. The zero-order valence-corrected chi connectivity index (χ0v) is 17.9. The first-order valence-electron chi connectivity index (χ1n) is 10.1. The first-order valence-corrected chi connectivity index (χ1v) is 11.5. The van der Waals surface area contributed by atoms with Crippen molar-refractivity contribution >= 4 is 16.0 Å². The van der Waals surface area contributed by atoms with Crippen molar-refractivity contribution in [2.75, 3.05) is 6.54 Å². The quantitative estimate of drug-likeness (QED) is 0.515. The fourth-order valence-electron chi connectivity index (χ4n) is 3.83. The maximum Gasteiger partial charge on any atom is 0.308 e. The smallest absolute Gasteiger partial charge is 0.308 e. The number of benzene rings is 3. The van der Waals surface area contributed by atoms with Gasteiger partial charge in [0.05, 0.1) is 17.4 Å². The minimum Gasteiger partial charge on any atom is -0.461 e. The highest BCUT2D eigenvalue weighted by atomic mass is 32.2. The van der Waals surface area contributed by atoms with Crippen LogP contribution in [-0.4, -0.2) is 25.2 Å². The van der Waals surface area contributed by atoms with Crippen LogP contribution in [0.1, 0.15) is 29.2 Å². The molecule has 3 aromatic rings. The number of carbonyl (C=O) groups excluding carboxylic acids is 1. The highest BCUT2D eigenvalue weighted by molar-refractivity contribution is 7.89. The van der Waals surface area contributed by atoms with E-state index < -0.39 is 27.9 Å². The van der Waals surface area contributed by atoms with Crippen molar-refractivity contribution in [2.45, 2.75) is 30.4 Å². The van der Waals surface area contributed by atoms with E-state index in [4.69, 9.17) is 4.74 Å². The van der Waals surface area contributed by atoms with Crippen LogP contribution in [0.3, 0.4) is 0 Å². The van der Waals surface area contributed by atoms with Crippen molar-refractivity contribution < 1.29 is 26.7 Å². The van der Waals surface area contributed by atoms with Gasteiger partial charge < -0.3 is 4.74 Å². The van der Waals surface area contributed by atoms with Crippen molar-refractivity contribution in [2.24, 2.45) is 0 Å².